The van der Waals surface area contributed by atoms with Crippen LogP contribution in [0.5, 0.6) is 0 Å². The van der Waals surface area contributed by atoms with Crippen molar-refractivity contribution in [1.82, 2.24) is 14.8 Å². The summed E-state index contributed by atoms with van der Waals surface area (Å²) >= 11 is 0. The number of nitrogens with one attached hydrogen (secondary N) is 1. The number of hydrogen-bond donors (Lipinski definition) is 1. The number of amides is 2. The van der Waals surface area contributed by atoms with Crippen LogP contribution in [0.15, 0.2) is 48.5 Å². The average Bonchev–Trinajstić information content (AvgIpc) is 3.09. The first-order valence-corrected chi connectivity index (χ1v) is 10.1. The van der Waals surface area contributed by atoms with E-state index >= 15 is 0 Å². The summed E-state index contributed by atoms with van der Waals surface area (Å²) in [5.74, 6) is -0.425. The molecule has 1 aromatic heterocycles. The monoisotopic (exact) mass is 427 g/mol. The van der Waals surface area contributed by atoms with E-state index in [-0.39, 0.29) is 30.9 Å². The first-order chi connectivity index (χ1) is 14.7. The standard InChI is InChI=1S/C23H20F3N3O2/c1-13(30)29-19-10-17-16-7-2-3-8-18(16)27-21(17)20(29)12-28(22(19)31)11-14-5-4-6-15(9-14)23(24,25)26/h2-9,19-20,27H,10-12H2,1H3/t19?,20-/m1/s1. The van der Waals surface area contributed by atoms with Crippen LogP contribution in [-0.4, -0.2) is 39.2 Å². The molecule has 8 heteroatoms. The summed E-state index contributed by atoms with van der Waals surface area (Å²) in [5.41, 5.74) is 2.55. The van der Waals surface area contributed by atoms with Crippen molar-refractivity contribution in [2.45, 2.75) is 38.1 Å². The Labute approximate surface area is 176 Å². The highest BCUT2D eigenvalue weighted by atomic mass is 19.4. The van der Waals surface area contributed by atoms with Gasteiger partial charge in [-0.3, -0.25) is 9.59 Å². The Morgan fingerprint density at radius 1 is 1.13 bits per heavy atom. The molecule has 1 saturated heterocycles. The highest BCUT2D eigenvalue weighted by molar-refractivity contribution is 5.93. The van der Waals surface area contributed by atoms with Gasteiger partial charge in [-0.25, -0.2) is 0 Å². The molecular weight excluding hydrogens is 407 g/mol. The van der Waals surface area contributed by atoms with Gasteiger partial charge in [0, 0.05) is 43.0 Å². The van der Waals surface area contributed by atoms with E-state index in [1.54, 1.807) is 15.9 Å². The maximum Gasteiger partial charge on any atom is 0.416 e. The second kappa shape index (κ2) is 6.87. The predicted molar refractivity (Wildman–Crippen MR) is 108 cm³/mol. The molecule has 2 aliphatic heterocycles. The molecule has 0 aliphatic carbocycles. The lowest BCUT2D eigenvalue weighted by Gasteiger charge is -2.48. The van der Waals surface area contributed by atoms with Crippen molar-refractivity contribution in [2.24, 2.45) is 0 Å². The van der Waals surface area contributed by atoms with E-state index in [0.717, 1.165) is 34.3 Å². The molecule has 31 heavy (non-hydrogen) atoms. The van der Waals surface area contributed by atoms with Gasteiger partial charge in [0.2, 0.25) is 11.8 Å². The number of nitrogens with zero attached hydrogens (tertiary/aromatic N) is 2. The van der Waals surface area contributed by atoms with Gasteiger partial charge in [-0.05, 0) is 29.3 Å². The second-order valence-corrected chi connectivity index (χ2v) is 8.14. The Hall–Kier alpha value is -3.29. The van der Waals surface area contributed by atoms with Crippen LogP contribution >= 0.6 is 0 Å². The van der Waals surface area contributed by atoms with Crippen LogP contribution in [0.2, 0.25) is 0 Å². The fourth-order valence-electron chi connectivity index (χ4n) is 4.92. The van der Waals surface area contributed by atoms with Crippen LogP contribution in [0.3, 0.4) is 0 Å². The van der Waals surface area contributed by atoms with Gasteiger partial charge in [0.15, 0.2) is 0 Å². The third kappa shape index (κ3) is 3.17. The van der Waals surface area contributed by atoms with E-state index < -0.39 is 17.8 Å². The average molecular weight is 427 g/mol. The number of para-hydroxylation sites is 1. The Morgan fingerprint density at radius 3 is 2.65 bits per heavy atom. The highest BCUT2D eigenvalue weighted by Crippen LogP contribution is 2.41. The third-order valence-corrected chi connectivity index (χ3v) is 6.23. The number of fused-ring (bicyclic) bond motifs is 6. The molecule has 2 amide bonds. The SMILES string of the molecule is CC(=O)N1C2Cc3c([nH]c4ccccc34)[C@H]1CN(Cc1cccc(C(F)(F)F)c1)C2=O. The summed E-state index contributed by atoms with van der Waals surface area (Å²) in [5, 5.41) is 1.04. The van der Waals surface area contributed by atoms with E-state index in [1.165, 1.54) is 13.0 Å². The van der Waals surface area contributed by atoms with E-state index in [2.05, 4.69) is 4.98 Å². The fourth-order valence-corrected chi connectivity index (χ4v) is 4.92. The van der Waals surface area contributed by atoms with Crippen molar-refractivity contribution in [1.29, 1.82) is 0 Å². The van der Waals surface area contributed by atoms with Gasteiger partial charge in [0.05, 0.1) is 11.6 Å². The summed E-state index contributed by atoms with van der Waals surface area (Å²) in [6.45, 7) is 1.74. The zero-order valence-electron chi connectivity index (χ0n) is 16.7. The molecule has 2 atom stereocenters. The van der Waals surface area contributed by atoms with Gasteiger partial charge in [0.1, 0.15) is 6.04 Å². The van der Waals surface area contributed by atoms with Crippen molar-refractivity contribution < 1.29 is 22.8 Å². The molecule has 2 bridgehead atoms. The van der Waals surface area contributed by atoms with Gasteiger partial charge in [-0.15, -0.1) is 0 Å². The molecule has 0 radical (unpaired) electrons. The van der Waals surface area contributed by atoms with Gasteiger partial charge in [-0.1, -0.05) is 30.3 Å². The molecular formula is C23H20F3N3O2. The molecule has 1 unspecified atom stereocenters. The number of piperazine rings is 1. The third-order valence-electron chi connectivity index (χ3n) is 6.23. The molecule has 2 aromatic carbocycles. The minimum absolute atomic E-state index is 0.0665. The number of halogens is 3. The lowest BCUT2D eigenvalue weighted by Crippen LogP contribution is -2.62. The molecule has 3 aromatic rings. The van der Waals surface area contributed by atoms with E-state index in [9.17, 15) is 22.8 Å². The number of carbonyl (C=O) groups excluding carboxylic acids is 2. The minimum Gasteiger partial charge on any atom is -0.356 e. The lowest BCUT2D eigenvalue weighted by molar-refractivity contribution is -0.157. The molecule has 0 spiro atoms. The summed E-state index contributed by atoms with van der Waals surface area (Å²) < 4.78 is 39.3. The summed E-state index contributed by atoms with van der Waals surface area (Å²) in [7, 11) is 0. The van der Waals surface area contributed by atoms with Crippen molar-refractivity contribution in [3.8, 4) is 0 Å². The summed E-state index contributed by atoms with van der Waals surface area (Å²) in [4.78, 5) is 32.3. The Morgan fingerprint density at radius 2 is 1.90 bits per heavy atom. The molecule has 1 fully saturated rings. The number of aromatic amines is 1. The highest BCUT2D eigenvalue weighted by Gasteiger charge is 2.47. The normalized spacial score (nSPS) is 20.8. The number of alkyl halides is 3. The maximum absolute atomic E-state index is 13.3. The first-order valence-electron chi connectivity index (χ1n) is 10.1. The Kier molecular flexibility index (Phi) is 4.35. The number of benzene rings is 2. The van der Waals surface area contributed by atoms with E-state index in [1.807, 2.05) is 24.3 Å². The molecule has 0 saturated carbocycles. The van der Waals surface area contributed by atoms with Crippen LogP contribution in [0, 0.1) is 0 Å². The molecule has 1 N–H and O–H groups in total. The molecule has 160 valence electrons. The fraction of sp³-hybridized carbons (Fsp3) is 0.304. The van der Waals surface area contributed by atoms with Crippen LogP contribution in [0.25, 0.3) is 10.9 Å². The van der Waals surface area contributed by atoms with Crippen molar-refractivity contribution in [2.75, 3.05) is 6.54 Å². The zero-order valence-corrected chi connectivity index (χ0v) is 16.7. The molecule has 3 heterocycles. The first kappa shape index (κ1) is 19.7. The van der Waals surface area contributed by atoms with Gasteiger partial charge in [0.25, 0.3) is 0 Å². The van der Waals surface area contributed by atoms with Crippen molar-refractivity contribution in [3.63, 3.8) is 0 Å². The number of rotatable bonds is 2. The van der Waals surface area contributed by atoms with E-state index in [0.29, 0.717) is 12.0 Å². The van der Waals surface area contributed by atoms with Crippen LogP contribution < -0.4 is 0 Å². The van der Waals surface area contributed by atoms with Crippen molar-refractivity contribution >= 4 is 22.7 Å². The minimum atomic E-state index is -4.44. The number of aromatic nitrogens is 1. The zero-order chi connectivity index (χ0) is 21.9. The second-order valence-electron chi connectivity index (χ2n) is 8.14. The number of hydrogen-bond acceptors (Lipinski definition) is 2. The quantitative estimate of drug-likeness (QED) is 0.671. The summed E-state index contributed by atoms with van der Waals surface area (Å²) in [6.07, 6.45) is -4.06. The number of carbonyl (C=O) groups is 2. The topological polar surface area (TPSA) is 56.4 Å². The van der Waals surface area contributed by atoms with Gasteiger partial charge >= 0.3 is 6.18 Å². The largest absolute Gasteiger partial charge is 0.416 e. The van der Waals surface area contributed by atoms with E-state index in [4.69, 9.17) is 0 Å². The molecule has 5 nitrogen and oxygen atoms in total. The molecule has 2 aliphatic rings. The lowest BCUT2D eigenvalue weighted by atomic mass is 9.87. The van der Waals surface area contributed by atoms with Crippen LogP contribution in [0.4, 0.5) is 13.2 Å². The van der Waals surface area contributed by atoms with Crippen LogP contribution in [0.1, 0.15) is 35.3 Å². The van der Waals surface area contributed by atoms with Crippen LogP contribution in [-0.2, 0) is 28.7 Å². The van der Waals surface area contributed by atoms with Crippen molar-refractivity contribution in [3.05, 3.63) is 70.9 Å². The van der Waals surface area contributed by atoms with Gasteiger partial charge < -0.3 is 14.8 Å². The smallest absolute Gasteiger partial charge is 0.356 e. The molecule has 5 rings (SSSR count). The maximum atomic E-state index is 13.3. The Bertz CT molecular complexity index is 1200. The predicted octanol–water partition coefficient (Wildman–Crippen LogP) is 4.04. The number of H-pyrrole nitrogens is 1. The van der Waals surface area contributed by atoms with Gasteiger partial charge in [-0.2, -0.15) is 13.2 Å². The Balaban J connectivity index is 1.52. The summed E-state index contributed by atoms with van der Waals surface area (Å²) in [6, 6.07) is 11.8.